The van der Waals surface area contributed by atoms with Crippen molar-refractivity contribution >= 4 is 5.91 Å². The van der Waals surface area contributed by atoms with E-state index in [1.165, 1.54) is 6.26 Å². The fourth-order valence-corrected chi connectivity index (χ4v) is 1.97. The van der Waals surface area contributed by atoms with Gasteiger partial charge < -0.3 is 14.8 Å². The molecule has 0 spiro atoms. The largest absolute Gasteiger partial charge is 0.469 e. The summed E-state index contributed by atoms with van der Waals surface area (Å²) in [4.78, 5) is 12.1. The van der Waals surface area contributed by atoms with Crippen LogP contribution in [0.4, 0.5) is 0 Å². The standard InChI is InChI=1S/C15H17NO3/c1-2-14-12(8-9-19-14)15(18)16-13(10-17)11-6-4-3-5-7-11/h3-9,13,17H,2,10H2,1H3,(H,16,18)/t13-/m1/s1. The predicted molar refractivity (Wildman–Crippen MR) is 71.8 cm³/mol. The number of carbonyl (C=O) groups excluding carboxylic acids is 1. The van der Waals surface area contributed by atoms with Crippen molar-refractivity contribution in [3.05, 3.63) is 59.5 Å². The summed E-state index contributed by atoms with van der Waals surface area (Å²) in [7, 11) is 0. The van der Waals surface area contributed by atoms with Crippen LogP contribution in [-0.2, 0) is 6.42 Å². The van der Waals surface area contributed by atoms with E-state index in [9.17, 15) is 9.90 Å². The quantitative estimate of drug-likeness (QED) is 0.866. The van der Waals surface area contributed by atoms with E-state index in [0.29, 0.717) is 17.7 Å². The molecule has 1 atom stereocenters. The van der Waals surface area contributed by atoms with Crippen molar-refractivity contribution < 1.29 is 14.3 Å². The molecule has 1 heterocycles. The smallest absolute Gasteiger partial charge is 0.255 e. The molecule has 0 aliphatic heterocycles. The third kappa shape index (κ3) is 3.03. The second-order valence-corrected chi connectivity index (χ2v) is 4.23. The number of nitrogens with one attached hydrogen (secondary N) is 1. The number of rotatable bonds is 5. The number of hydrogen-bond donors (Lipinski definition) is 2. The number of benzene rings is 1. The normalized spacial score (nSPS) is 12.1. The second-order valence-electron chi connectivity index (χ2n) is 4.23. The van der Waals surface area contributed by atoms with Gasteiger partial charge in [-0.3, -0.25) is 4.79 Å². The number of aliphatic hydroxyl groups excluding tert-OH is 1. The molecule has 0 unspecified atom stereocenters. The minimum absolute atomic E-state index is 0.144. The van der Waals surface area contributed by atoms with Crippen LogP contribution in [0.1, 0.15) is 34.6 Å². The van der Waals surface area contributed by atoms with Gasteiger partial charge in [0.05, 0.1) is 24.5 Å². The average molecular weight is 259 g/mol. The highest BCUT2D eigenvalue weighted by molar-refractivity contribution is 5.95. The first-order valence-electron chi connectivity index (χ1n) is 6.29. The highest BCUT2D eigenvalue weighted by atomic mass is 16.3. The molecule has 2 rings (SSSR count). The van der Waals surface area contributed by atoms with E-state index in [-0.39, 0.29) is 12.5 Å². The van der Waals surface area contributed by atoms with E-state index in [1.54, 1.807) is 6.07 Å². The Morgan fingerprint density at radius 2 is 2.05 bits per heavy atom. The highest BCUT2D eigenvalue weighted by Gasteiger charge is 2.18. The van der Waals surface area contributed by atoms with Crippen LogP contribution < -0.4 is 5.32 Å². The molecule has 0 saturated carbocycles. The number of hydrogen-bond acceptors (Lipinski definition) is 3. The molecule has 0 aliphatic rings. The third-order valence-corrected chi connectivity index (χ3v) is 3.00. The van der Waals surface area contributed by atoms with Crippen LogP contribution in [-0.4, -0.2) is 17.6 Å². The molecule has 1 aromatic heterocycles. The first kappa shape index (κ1) is 13.4. The van der Waals surface area contributed by atoms with Gasteiger partial charge >= 0.3 is 0 Å². The first-order valence-corrected chi connectivity index (χ1v) is 6.29. The van der Waals surface area contributed by atoms with Crippen LogP contribution in [0.25, 0.3) is 0 Å². The Hall–Kier alpha value is -2.07. The van der Waals surface area contributed by atoms with Crippen LogP contribution in [0.2, 0.25) is 0 Å². The zero-order valence-electron chi connectivity index (χ0n) is 10.8. The van der Waals surface area contributed by atoms with Crippen LogP contribution >= 0.6 is 0 Å². The van der Waals surface area contributed by atoms with Gasteiger partial charge in [0.2, 0.25) is 0 Å². The van der Waals surface area contributed by atoms with E-state index in [1.807, 2.05) is 37.3 Å². The maximum Gasteiger partial charge on any atom is 0.255 e. The van der Waals surface area contributed by atoms with Crippen molar-refractivity contribution in [2.24, 2.45) is 0 Å². The Kier molecular flexibility index (Phi) is 4.36. The van der Waals surface area contributed by atoms with Crippen molar-refractivity contribution in [3.8, 4) is 0 Å². The molecule has 2 aromatic rings. The summed E-state index contributed by atoms with van der Waals surface area (Å²) < 4.78 is 5.23. The number of aliphatic hydroxyl groups is 1. The maximum atomic E-state index is 12.1. The molecule has 0 saturated heterocycles. The number of aryl methyl sites for hydroxylation is 1. The van der Waals surface area contributed by atoms with E-state index in [2.05, 4.69) is 5.32 Å². The van der Waals surface area contributed by atoms with E-state index in [4.69, 9.17) is 4.42 Å². The molecule has 1 amide bonds. The number of carbonyl (C=O) groups is 1. The lowest BCUT2D eigenvalue weighted by Gasteiger charge is -2.16. The minimum Gasteiger partial charge on any atom is -0.469 e. The third-order valence-electron chi connectivity index (χ3n) is 3.00. The van der Waals surface area contributed by atoms with Gasteiger partial charge in [0.25, 0.3) is 5.91 Å². The predicted octanol–water partition coefficient (Wildman–Crippen LogP) is 2.31. The summed E-state index contributed by atoms with van der Waals surface area (Å²) in [6, 6.07) is 10.6. The molecule has 0 fully saturated rings. The molecule has 0 bridgehead atoms. The van der Waals surface area contributed by atoms with Crippen molar-refractivity contribution in [2.45, 2.75) is 19.4 Å². The molecule has 2 N–H and O–H groups in total. The van der Waals surface area contributed by atoms with Gasteiger partial charge in [-0.05, 0) is 11.6 Å². The zero-order valence-corrected chi connectivity index (χ0v) is 10.8. The average Bonchev–Trinajstić information content (AvgIpc) is 2.94. The topological polar surface area (TPSA) is 62.5 Å². The molecule has 4 heteroatoms. The summed E-state index contributed by atoms with van der Waals surface area (Å²) in [5, 5.41) is 12.2. The second kappa shape index (κ2) is 6.20. The molecule has 0 radical (unpaired) electrons. The number of furan rings is 1. The van der Waals surface area contributed by atoms with Crippen LogP contribution in [0.3, 0.4) is 0 Å². The molecule has 1 aromatic carbocycles. The van der Waals surface area contributed by atoms with Crippen molar-refractivity contribution in [1.29, 1.82) is 0 Å². The summed E-state index contributed by atoms with van der Waals surface area (Å²) >= 11 is 0. The van der Waals surface area contributed by atoms with Gasteiger partial charge in [-0.25, -0.2) is 0 Å². The van der Waals surface area contributed by atoms with Crippen LogP contribution in [0.15, 0.2) is 47.1 Å². The fraction of sp³-hybridized carbons (Fsp3) is 0.267. The monoisotopic (exact) mass is 259 g/mol. The van der Waals surface area contributed by atoms with Gasteiger partial charge in [-0.15, -0.1) is 0 Å². The molecule has 19 heavy (non-hydrogen) atoms. The highest BCUT2D eigenvalue weighted by Crippen LogP contribution is 2.15. The molecule has 4 nitrogen and oxygen atoms in total. The lowest BCUT2D eigenvalue weighted by molar-refractivity contribution is 0.0914. The Balaban J connectivity index is 2.13. The van der Waals surface area contributed by atoms with E-state index < -0.39 is 6.04 Å². The van der Waals surface area contributed by atoms with E-state index in [0.717, 1.165) is 5.56 Å². The first-order chi connectivity index (χ1) is 9.26. The SMILES string of the molecule is CCc1occc1C(=O)N[C@H](CO)c1ccccc1. The molecule has 0 aliphatic carbocycles. The Morgan fingerprint density at radius 3 is 2.68 bits per heavy atom. The van der Waals surface area contributed by atoms with Crippen molar-refractivity contribution in [2.75, 3.05) is 6.61 Å². The summed E-state index contributed by atoms with van der Waals surface area (Å²) in [5.41, 5.74) is 1.40. The van der Waals surface area contributed by atoms with Gasteiger partial charge in [0.15, 0.2) is 0 Å². The van der Waals surface area contributed by atoms with E-state index >= 15 is 0 Å². The fourth-order valence-electron chi connectivity index (χ4n) is 1.97. The van der Waals surface area contributed by atoms with Crippen molar-refractivity contribution in [1.82, 2.24) is 5.32 Å². The van der Waals surface area contributed by atoms with Crippen molar-refractivity contribution in [3.63, 3.8) is 0 Å². The minimum atomic E-state index is -0.409. The Morgan fingerprint density at radius 1 is 1.32 bits per heavy atom. The zero-order chi connectivity index (χ0) is 13.7. The summed E-state index contributed by atoms with van der Waals surface area (Å²) in [5.74, 6) is 0.427. The van der Waals surface area contributed by atoms with Crippen LogP contribution in [0, 0.1) is 0 Å². The lowest BCUT2D eigenvalue weighted by atomic mass is 10.1. The summed E-state index contributed by atoms with van der Waals surface area (Å²) in [6.45, 7) is 1.78. The number of amides is 1. The molecular formula is C15H17NO3. The van der Waals surface area contributed by atoms with Gasteiger partial charge in [-0.2, -0.15) is 0 Å². The van der Waals surface area contributed by atoms with Gasteiger partial charge in [0.1, 0.15) is 5.76 Å². The summed E-state index contributed by atoms with van der Waals surface area (Å²) in [6.07, 6.45) is 2.16. The molecular weight excluding hydrogens is 242 g/mol. The maximum absolute atomic E-state index is 12.1. The molecule has 100 valence electrons. The van der Waals surface area contributed by atoms with Crippen LogP contribution in [0.5, 0.6) is 0 Å². The van der Waals surface area contributed by atoms with Gasteiger partial charge in [-0.1, -0.05) is 37.3 Å². The lowest BCUT2D eigenvalue weighted by Crippen LogP contribution is -2.31. The Labute approximate surface area is 112 Å². The Bertz CT molecular complexity index is 533. The van der Waals surface area contributed by atoms with Gasteiger partial charge in [0, 0.05) is 6.42 Å².